The van der Waals surface area contributed by atoms with Crippen LogP contribution in [0, 0.1) is 0 Å². The van der Waals surface area contributed by atoms with Gasteiger partial charge in [0.15, 0.2) is 0 Å². The molecule has 0 saturated heterocycles. The summed E-state index contributed by atoms with van der Waals surface area (Å²) in [6.07, 6.45) is 0. The van der Waals surface area contributed by atoms with Gasteiger partial charge in [-0.3, -0.25) is 13.8 Å². The van der Waals surface area contributed by atoms with E-state index in [9.17, 15) is 18.4 Å². The second-order valence-corrected chi connectivity index (χ2v) is 8.79. The zero-order chi connectivity index (χ0) is 17.8. The highest BCUT2D eigenvalue weighted by molar-refractivity contribution is 9.15. The van der Waals surface area contributed by atoms with Gasteiger partial charge in [0.05, 0.1) is 16.8 Å². The van der Waals surface area contributed by atoms with Gasteiger partial charge in [0.1, 0.15) is 0 Å². The Balaban J connectivity index is 2.16. The number of halogens is 4. The van der Waals surface area contributed by atoms with Crippen LogP contribution < -0.4 is 4.90 Å². The number of rotatable bonds is 2. The second kappa shape index (κ2) is 6.73. The average molecular weight is 602 g/mol. The van der Waals surface area contributed by atoms with Crippen LogP contribution in [0.5, 0.6) is 0 Å². The molecule has 1 unspecified atom stereocenters. The number of carbonyl (C=O) groups excluding carboxylic acids is 2. The Bertz CT molecular complexity index is 883. The quantitative estimate of drug-likeness (QED) is 0.215. The molecule has 0 bridgehead atoms. The number of benzene rings is 2. The summed E-state index contributed by atoms with van der Waals surface area (Å²) in [5, 5.41) is 0. The summed E-state index contributed by atoms with van der Waals surface area (Å²) in [5.74, 6) is -0.987. The molecule has 2 aromatic rings. The Morgan fingerprint density at radius 2 is 1.21 bits per heavy atom. The summed E-state index contributed by atoms with van der Waals surface area (Å²) >= 11 is 11.0. The molecule has 1 aliphatic rings. The van der Waals surface area contributed by atoms with Crippen molar-refractivity contribution in [3.63, 3.8) is 0 Å². The van der Waals surface area contributed by atoms with Gasteiger partial charge in [-0.25, -0.2) is 4.90 Å². The number of hydrogen-bond donors (Lipinski definition) is 0. The summed E-state index contributed by atoms with van der Waals surface area (Å²) in [4.78, 5) is 26.6. The molecular formula is C14H4Br4NO4S-. The van der Waals surface area contributed by atoms with E-state index in [1.54, 1.807) is 0 Å². The third-order valence-electron chi connectivity index (χ3n) is 3.39. The minimum atomic E-state index is -2.38. The summed E-state index contributed by atoms with van der Waals surface area (Å²) in [6, 6.07) is 5.49. The van der Waals surface area contributed by atoms with Crippen LogP contribution >= 0.6 is 63.7 Å². The Labute approximate surface area is 172 Å². The van der Waals surface area contributed by atoms with Gasteiger partial charge < -0.3 is 4.55 Å². The van der Waals surface area contributed by atoms with E-state index in [0.29, 0.717) is 23.6 Å². The highest BCUT2D eigenvalue weighted by Crippen LogP contribution is 2.46. The number of fused-ring (bicyclic) bond motifs is 1. The molecule has 2 aromatic carbocycles. The molecule has 3 rings (SSSR count). The van der Waals surface area contributed by atoms with E-state index in [2.05, 4.69) is 63.7 Å². The lowest BCUT2D eigenvalue weighted by molar-refractivity contribution is 0.0925. The lowest BCUT2D eigenvalue weighted by Gasteiger charge is -2.15. The maximum absolute atomic E-state index is 12.8. The van der Waals surface area contributed by atoms with Crippen LogP contribution in [0.3, 0.4) is 0 Å². The van der Waals surface area contributed by atoms with Gasteiger partial charge in [-0.2, -0.15) is 0 Å². The van der Waals surface area contributed by atoms with Crippen molar-refractivity contribution in [3.05, 3.63) is 53.3 Å². The van der Waals surface area contributed by atoms with Crippen LogP contribution in [-0.4, -0.2) is 20.6 Å². The van der Waals surface area contributed by atoms with Crippen molar-refractivity contribution in [1.82, 2.24) is 0 Å². The number of amides is 2. The molecule has 124 valence electrons. The molecule has 0 fully saturated rings. The van der Waals surface area contributed by atoms with Crippen LogP contribution in [0.4, 0.5) is 5.69 Å². The number of imide groups is 1. The number of carbonyl (C=O) groups is 2. The minimum Gasteiger partial charge on any atom is -0.768 e. The first-order valence-corrected chi connectivity index (χ1v) is 10.4. The van der Waals surface area contributed by atoms with Crippen LogP contribution in [-0.2, 0) is 11.1 Å². The van der Waals surface area contributed by atoms with Crippen molar-refractivity contribution in [2.45, 2.75) is 4.90 Å². The first kappa shape index (κ1) is 18.4. The third-order valence-corrected chi connectivity index (χ3v) is 8.81. The molecule has 0 N–H and O–H groups in total. The Morgan fingerprint density at radius 1 is 0.792 bits per heavy atom. The van der Waals surface area contributed by atoms with Gasteiger partial charge in [-0.05, 0) is 99.1 Å². The number of nitrogens with zero attached hydrogens (tertiary/aromatic N) is 1. The molecule has 1 heterocycles. The van der Waals surface area contributed by atoms with Crippen molar-refractivity contribution in [3.8, 4) is 0 Å². The molecule has 24 heavy (non-hydrogen) atoms. The molecule has 0 aromatic heterocycles. The molecule has 0 aliphatic carbocycles. The van der Waals surface area contributed by atoms with Gasteiger partial charge >= 0.3 is 0 Å². The molecule has 2 amide bonds. The molecule has 1 atom stereocenters. The summed E-state index contributed by atoms with van der Waals surface area (Å²) in [5.41, 5.74) is 0.762. The lowest BCUT2D eigenvalue weighted by atomic mass is 10.1. The van der Waals surface area contributed by atoms with Crippen LogP contribution in [0.2, 0.25) is 0 Å². The maximum Gasteiger partial charge on any atom is 0.267 e. The fraction of sp³-hybridized carbons (Fsp3) is 0. The normalized spacial score (nSPS) is 15.0. The first-order valence-electron chi connectivity index (χ1n) is 6.19. The summed E-state index contributed by atoms with van der Waals surface area (Å²) in [7, 11) is 0. The Kier molecular flexibility index (Phi) is 5.16. The van der Waals surface area contributed by atoms with E-state index >= 15 is 0 Å². The number of anilines is 1. The molecule has 1 aliphatic heterocycles. The molecule has 0 radical (unpaired) electrons. The second-order valence-electron chi connectivity index (χ2n) is 4.68. The Morgan fingerprint density at radius 3 is 1.58 bits per heavy atom. The minimum absolute atomic E-state index is 0.0724. The zero-order valence-corrected chi connectivity index (χ0v) is 18.5. The van der Waals surface area contributed by atoms with Crippen molar-refractivity contribution >= 4 is 92.3 Å². The van der Waals surface area contributed by atoms with Crippen molar-refractivity contribution in [1.29, 1.82) is 0 Å². The van der Waals surface area contributed by atoms with Crippen molar-refractivity contribution < 1.29 is 18.4 Å². The van der Waals surface area contributed by atoms with Gasteiger partial charge in [-0.1, -0.05) is 0 Å². The van der Waals surface area contributed by atoms with Crippen LogP contribution in [0.25, 0.3) is 0 Å². The molecule has 5 nitrogen and oxygen atoms in total. The molecule has 0 saturated carbocycles. The van der Waals surface area contributed by atoms with Gasteiger partial charge in [0, 0.05) is 22.8 Å². The fourth-order valence-electron chi connectivity index (χ4n) is 2.29. The van der Waals surface area contributed by atoms with Crippen molar-refractivity contribution in [2.75, 3.05) is 4.90 Å². The third kappa shape index (κ3) is 2.77. The zero-order valence-electron chi connectivity index (χ0n) is 11.3. The van der Waals surface area contributed by atoms with Gasteiger partial charge in [-0.15, -0.1) is 0 Å². The van der Waals surface area contributed by atoms with Gasteiger partial charge in [0.25, 0.3) is 11.8 Å². The van der Waals surface area contributed by atoms with Crippen molar-refractivity contribution in [2.24, 2.45) is 0 Å². The van der Waals surface area contributed by atoms with E-state index in [1.807, 2.05) is 0 Å². The summed E-state index contributed by atoms with van der Waals surface area (Å²) < 4.78 is 24.0. The summed E-state index contributed by atoms with van der Waals surface area (Å²) in [6.45, 7) is 0. The monoisotopic (exact) mass is 598 g/mol. The van der Waals surface area contributed by atoms with E-state index < -0.39 is 22.9 Å². The average Bonchev–Trinajstić information content (AvgIpc) is 2.82. The predicted molar refractivity (Wildman–Crippen MR) is 102 cm³/mol. The molecule has 10 heteroatoms. The smallest absolute Gasteiger partial charge is 0.267 e. The highest BCUT2D eigenvalue weighted by atomic mass is 79.9. The Hall–Kier alpha value is -0.390. The lowest BCUT2D eigenvalue weighted by Crippen LogP contribution is -2.29. The molecule has 0 spiro atoms. The van der Waals surface area contributed by atoms with Gasteiger partial charge in [0.2, 0.25) is 0 Å². The largest absolute Gasteiger partial charge is 0.768 e. The fourth-order valence-corrected chi connectivity index (χ4v) is 5.11. The van der Waals surface area contributed by atoms with Crippen LogP contribution in [0.15, 0.2) is 47.1 Å². The van der Waals surface area contributed by atoms with E-state index in [-0.39, 0.29) is 16.0 Å². The molecular weight excluding hydrogens is 598 g/mol. The topological polar surface area (TPSA) is 77.5 Å². The number of hydrogen-bond acceptors (Lipinski definition) is 4. The van der Waals surface area contributed by atoms with E-state index in [1.165, 1.54) is 24.3 Å². The van der Waals surface area contributed by atoms with Crippen LogP contribution in [0.1, 0.15) is 20.7 Å². The highest BCUT2D eigenvalue weighted by Gasteiger charge is 2.41. The van der Waals surface area contributed by atoms with E-state index in [4.69, 9.17) is 0 Å². The standard InChI is InChI=1S/C14H5Br4NO4S/c15-9-7-8(10(16)12(18)11(9)17)14(21)19(13(7)20)5-1-3-6(4-2-5)24(22)23/h1-4H,(H,22,23)/p-1. The first-order chi connectivity index (χ1) is 11.3. The van der Waals surface area contributed by atoms with E-state index in [0.717, 1.165) is 4.90 Å². The predicted octanol–water partition coefficient (Wildman–Crippen LogP) is 4.78. The maximum atomic E-state index is 12.8. The SMILES string of the molecule is O=C1c2c(Br)c(Br)c(Br)c(Br)c2C(=O)N1c1ccc(S(=O)[O-])cc1.